The Morgan fingerprint density at radius 3 is 1.60 bits per heavy atom. The topological polar surface area (TPSA) is 13.1 Å². The molecule has 0 aliphatic carbocycles. The molecule has 0 aliphatic heterocycles. The van der Waals surface area contributed by atoms with Gasteiger partial charge in [0.15, 0.2) is 0 Å². The molecule has 0 radical (unpaired) electrons. The summed E-state index contributed by atoms with van der Waals surface area (Å²) in [6.45, 7) is 0. The van der Waals surface area contributed by atoms with Crippen LogP contribution in [0.5, 0.6) is 0 Å². The van der Waals surface area contributed by atoms with E-state index in [9.17, 15) is 0 Å². The Balaban J connectivity index is 1.39. The first-order chi connectivity index (χ1) is 21.3. The zero-order valence-corrected chi connectivity index (χ0v) is 23.4. The van der Waals surface area contributed by atoms with Gasteiger partial charge in [0.1, 0.15) is 11.2 Å². The molecule has 0 bridgehead atoms. The van der Waals surface area contributed by atoms with Crippen LogP contribution in [0.4, 0.5) is 0 Å². The first-order valence-corrected chi connectivity index (χ1v) is 14.8. The van der Waals surface area contributed by atoms with Gasteiger partial charge < -0.3 is 4.42 Å². The van der Waals surface area contributed by atoms with Crippen molar-refractivity contribution in [3.63, 3.8) is 0 Å². The van der Waals surface area contributed by atoms with Crippen LogP contribution in [0, 0.1) is 0 Å². The highest BCUT2D eigenvalue weighted by molar-refractivity contribution is 6.24. The summed E-state index contributed by atoms with van der Waals surface area (Å²) >= 11 is 0. The van der Waals surface area contributed by atoms with Crippen LogP contribution in [0.2, 0.25) is 0 Å². The minimum absolute atomic E-state index is 0.914. The number of furan rings is 1. The molecule has 200 valence electrons. The van der Waals surface area contributed by atoms with Gasteiger partial charge in [0, 0.05) is 10.8 Å². The molecule has 0 unspecified atom stereocenters. The van der Waals surface area contributed by atoms with Crippen molar-refractivity contribution in [1.29, 1.82) is 0 Å². The molecule has 0 amide bonds. The summed E-state index contributed by atoms with van der Waals surface area (Å²) in [7, 11) is 0. The van der Waals surface area contributed by atoms with E-state index in [2.05, 4.69) is 158 Å². The lowest BCUT2D eigenvalue weighted by Crippen LogP contribution is -1.92. The maximum atomic E-state index is 6.36. The van der Waals surface area contributed by atoms with Crippen molar-refractivity contribution in [2.45, 2.75) is 0 Å². The molecule has 1 aromatic heterocycles. The van der Waals surface area contributed by atoms with Crippen LogP contribution in [0.15, 0.2) is 162 Å². The minimum Gasteiger partial charge on any atom is -0.456 e. The highest BCUT2D eigenvalue weighted by Crippen LogP contribution is 2.47. The number of hydrogen-bond donors (Lipinski definition) is 0. The van der Waals surface area contributed by atoms with Crippen molar-refractivity contribution in [3.05, 3.63) is 158 Å². The van der Waals surface area contributed by atoms with Crippen molar-refractivity contribution in [3.8, 4) is 33.4 Å². The van der Waals surface area contributed by atoms with Crippen molar-refractivity contribution >= 4 is 54.3 Å². The molecular formula is C42H26O. The smallest absolute Gasteiger partial charge is 0.136 e. The summed E-state index contributed by atoms with van der Waals surface area (Å²) < 4.78 is 6.36. The molecule has 0 fully saturated rings. The van der Waals surface area contributed by atoms with Crippen LogP contribution in [-0.4, -0.2) is 0 Å². The van der Waals surface area contributed by atoms with E-state index in [4.69, 9.17) is 4.42 Å². The van der Waals surface area contributed by atoms with Crippen LogP contribution in [0.1, 0.15) is 0 Å². The van der Waals surface area contributed by atoms with Crippen molar-refractivity contribution in [1.82, 2.24) is 0 Å². The molecule has 8 aromatic carbocycles. The Labute approximate surface area is 249 Å². The summed E-state index contributed by atoms with van der Waals surface area (Å²) in [5.41, 5.74) is 9.27. The van der Waals surface area contributed by atoms with E-state index >= 15 is 0 Å². The summed E-state index contributed by atoms with van der Waals surface area (Å²) in [4.78, 5) is 0. The lowest BCUT2D eigenvalue weighted by atomic mass is 9.83. The van der Waals surface area contributed by atoms with Gasteiger partial charge in [-0.3, -0.25) is 0 Å². The molecule has 43 heavy (non-hydrogen) atoms. The second-order valence-electron chi connectivity index (χ2n) is 11.2. The van der Waals surface area contributed by atoms with Crippen LogP contribution in [0.25, 0.3) is 87.6 Å². The summed E-state index contributed by atoms with van der Waals surface area (Å²) in [6, 6.07) is 56.8. The van der Waals surface area contributed by atoms with Gasteiger partial charge >= 0.3 is 0 Å². The third kappa shape index (κ3) is 3.65. The first kappa shape index (κ1) is 24.0. The first-order valence-electron chi connectivity index (χ1n) is 14.8. The van der Waals surface area contributed by atoms with Crippen molar-refractivity contribution in [2.24, 2.45) is 0 Å². The van der Waals surface area contributed by atoms with Crippen LogP contribution >= 0.6 is 0 Å². The third-order valence-electron chi connectivity index (χ3n) is 8.86. The lowest BCUT2D eigenvalue weighted by Gasteiger charge is -2.19. The standard InChI is InChI=1S/C42H26O/c1-2-12-27(13-3-1)30-15-6-7-17-32(30)41-35-20-10-8-18-33(35)40(34-19-9-11-21-36(34)41)29-23-24-38-37(26-29)42-31-16-5-4-14-28(31)22-25-39(42)43-38/h1-26H. The maximum Gasteiger partial charge on any atom is 0.136 e. The van der Waals surface area contributed by atoms with Crippen LogP contribution in [0.3, 0.4) is 0 Å². The Kier molecular flexibility index (Phi) is 5.27. The Morgan fingerprint density at radius 2 is 0.884 bits per heavy atom. The van der Waals surface area contributed by atoms with Gasteiger partial charge in [-0.1, -0.05) is 140 Å². The Hall–Kier alpha value is -5.66. The van der Waals surface area contributed by atoms with Gasteiger partial charge in [-0.25, -0.2) is 0 Å². The third-order valence-corrected chi connectivity index (χ3v) is 8.86. The molecule has 0 atom stereocenters. The molecule has 1 heterocycles. The number of fused-ring (bicyclic) bond motifs is 7. The number of hydrogen-bond acceptors (Lipinski definition) is 1. The van der Waals surface area contributed by atoms with Gasteiger partial charge in [-0.05, 0) is 83.9 Å². The van der Waals surface area contributed by atoms with Gasteiger partial charge in [0.05, 0.1) is 0 Å². The summed E-state index contributed by atoms with van der Waals surface area (Å²) in [5, 5.41) is 9.77. The monoisotopic (exact) mass is 546 g/mol. The van der Waals surface area contributed by atoms with E-state index in [0.717, 1.165) is 16.6 Å². The predicted octanol–water partition coefficient (Wildman–Crippen LogP) is 12.0. The quantitative estimate of drug-likeness (QED) is 0.201. The fraction of sp³-hybridized carbons (Fsp3) is 0. The molecule has 1 heteroatoms. The van der Waals surface area contributed by atoms with E-state index < -0.39 is 0 Å². The van der Waals surface area contributed by atoms with Gasteiger partial charge in [0.25, 0.3) is 0 Å². The summed E-state index contributed by atoms with van der Waals surface area (Å²) in [5.74, 6) is 0. The molecular weight excluding hydrogens is 520 g/mol. The average Bonchev–Trinajstić information content (AvgIpc) is 3.46. The predicted molar refractivity (Wildman–Crippen MR) is 183 cm³/mol. The van der Waals surface area contributed by atoms with Crippen molar-refractivity contribution in [2.75, 3.05) is 0 Å². The minimum atomic E-state index is 0.914. The molecule has 0 saturated heterocycles. The number of rotatable bonds is 3. The van der Waals surface area contributed by atoms with E-state index in [1.54, 1.807) is 0 Å². The molecule has 0 saturated carbocycles. The largest absolute Gasteiger partial charge is 0.456 e. The molecule has 0 N–H and O–H groups in total. The molecule has 1 nitrogen and oxygen atoms in total. The van der Waals surface area contributed by atoms with E-state index in [0.29, 0.717) is 0 Å². The molecule has 9 aromatic rings. The van der Waals surface area contributed by atoms with Gasteiger partial charge in [-0.15, -0.1) is 0 Å². The van der Waals surface area contributed by atoms with Crippen LogP contribution in [-0.2, 0) is 0 Å². The molecule has 0 spiro atoms. The van der Waals surface area contributed by atoms with Gasteiger partial charge in [0.2, 0.25) is 0 Å². The zero-order chi connectivity index (χ0) is 28.3. The SMILES string of the molecule is c1ccc(-c2ccccc2-c2c3ccccc3c(-c3ccc4oc5ccc6ccccc6c5c4c3)c3ccccc23)cc1. The van der Waals surface area contributed by atoms with Crippen LogP contribution < -0.4 is 0 Å². The van der Waals surface area contributed by atoms with Gasteiger partial charge in [-0.2, -0.15) is 0 Å². The highest BCUT2D eigenvalue weighted by atomic mass is 16.3. The fourth-order valence-electron chi connectivity index (χ4n) is 7.00. The molecule has 9 rings (SSSR count). The lowest BCUT2D eigenvalue weighted by molar-refractivity contribution is 0.669. The fourth-order valence-corrected chi connectivity index (χ4v) is 7.00. The normalized spacial score (nSPS) is 11.7. The Morgan fingerprint density at radius 1 is 0.326 bits per heavy atom. The highest BCUT2D eigenvalue weighted by Gasteiger charge is 2.20. The number of benzene rings is 8. The van der Waals surface area contributed by atoms with E-state index in [-0.39, 0.29) is 0 Å². The van der Waals surface area contributed by atoms with E-state index in [1.807, 2.05) is 0 Å². The average molecular weight is 547 g/mol. The molecule has 0 aliphatic rings. The van der Waals surface area contributed by atoms with E-state index in [1.165, 1.54) is 71.1 Å². The maximum absolute atomic E-state index is 6.36. The zero-order valence-electron chi connectivity index (χ0n) is 23.4. The second kappa shape index (κ2) is 9.44. The second-order valence-corrected chi connectivity index (χ2v) is 11.2. The Bertz CT molecular complexity index is 2440. The van der Waals surface area contributed by atoms with Crippen molar-refractivity contribution < 1.29 is 4.42 Å². The summed E-state index contributed by atoms with van der Waals surface area (Å²) in [6.07, 6.45) is 0.